The first-order valence-electron chi connectivity index (χ1n) is 9.56. The lowest BCUT2D eigenvalue weighted by Crippen LogP contribution is -2.47. The van der Waals surface area contributed by atoms with Crippen LogP contribution in [0.25, 0.3) is 5.70 Å². The molecule has 3 N–H and O–H groups in total. The Morgan fingerprint density at radius 2 is 2.22 bits per heavy atom. The first kappa shape index (κ1) is 18.6. The molecule has 1 aromatic heterocycles. The predicted molar refractivity (Wildman–Crippen MR) is 111 cm³/mol. The number of rotatable bonds is 3. The highest BCUT2D eigenvalue weighted by Gasteiger charge is 2.29. The van der Waals surface area contributed by atoms with E-state index in [-0.39, 0.29) is 5.82 Å². The van der Waals surface area contributed by atoms with Crippen LogP contribution in [-0.4, -0.2) is 23.7 Å². The number of halogens is 1. The SMILES string of the molecule is C=C(Nc1ccc(F)c(C)c1)c1c2c(cn1C)SNC1CNCCC1CC2. The third-order valence-electron chi connectivity index (χ3n) is 5.70. The summed E-state index contributed by atoms with van der Waals surface area (Å²) in [7, 11) is 2.07. The fourth-order valence-corrected chi connectivity index (χ4v) is 5.28. The maximum Gasteiger partial charge on any atom is 0.126 e. The molecule has 0 spiro atoms. The van der Waals surface area contributed by atoms with Crippen LogP contribution in [0.5, 0.6) is 0 Å². The largest absolute Gasteiger partial charge is 0.354 e. The van der Waals surface area contributed by atoms with Crippen molar-refractivity contribution in [3.8, 4) is 0 Å². The van der Waals surface area contributed by atoms with E-state index >= 15 is 0 Å². The molecule has 2 aromatic rings. The fourth-order valence-electron chi connectivity index (χ4n) is 4.19. The Hall–Kier alpha value is -1.76. The molecule has 4 rings (SSSR count). The summed E-state index contributed by atoms with van der Waals surface area (Å²) in [5.41, 5.74) is 4.83. The minimum absolute atomic E-state index is 0.186. The van der Waals surface area contributed by atoms with Gasteiger partial charge in [-0.2, -0.15) is 0 Å². The standard InChI is InChI=1S/C21H27FN4S/c1-13-10-16(5-7-18(13)22)24-14(2)21-17-6-4-15-8-9-23-11-19(15)25-27-20(17)12-26(21)3/h5,7,10,12,15,19,23-25H,2,4,6,8-9,11H2,1,3H3. The summed E-state index contributed by atoms with van der Waals surface area (Å²) in [5, 5.41) is 6.87. The molecule has 27 heavy (non-hydrogen) atoms. The van der Waals surface area contributed by atoms with Crippen LogP contribution in [0.2, 0.25) is 0 Å². The Balaban J connectivity index is 1.58. The van der Waals surface area contributed by atoms with Crippen LogP contribution in [0.3, 0.4) is 0 Å². The summed E-state index contributed by atoms with van der Waals surface area (Å²) in [4.78, 5) is 1.27. The lowest BCUT2D eigenvalue weighted by Gasteiger charge is -2.34. The number of piperidine rings is 1. The molecule has 0 amide bonds. The third-order valence-corrected chi connectivity index (χ3v) is 6.69. The van der Waals surface area contributed by atoms with Gasteiger partial charge in [0.1, 0.15) is 5.82 Å². The van der Waals surface area contributed by atoms with Gasteiger partial charge in [0.2, 0.25) is 0 Å². The van der Waals surface area contributed by atoms with Gasteiger partial charge in [-0.05, 0) is 79.9 Å². The summed E-state index contributed by atoms with van der Waals surface area (Å²) in [5.74, 6) is 0.523. The third kappa shape index (κ3) is 3.79. The van der Waals surface area contributed by atoms with Gasteiger partial charge in [-0.25, -0.2) is 4.39 Å². The number of anilines is 1. The zero-order valence-electron chi connectivity index (χ0n) is 15.9. The molecule has 0 aliphatic carbocycles. The maximum absolute atomic E-state index is 13.5. The molecule has 0 bridgehead atoms. The van der Waals surface area contributed by atoms with Gasteiger partial charge in [0.05, 0.1) is 11.4 Å². The molecule has 6 heteroatoms. The van der Waals surface area contributed by atoms with Crippen molar-refractivity contribution in [3.63, 3.8) is 0 Å². The first-order valence-corrected chi connectivity index (χ1v) is 10.4. The van der Waals surface area contributed by atoms with Crippen molar-refractivity contribution in [1.29, 1.82) is 0 Å². The molecule has 4 nitrogen and oxygen atoms in total. The van der Waals surface area contributed by atoms with Gasteiger partial charge < -0.3 is 15.2 Å². The van der Waals surface area contributed by atoms with E-state index in [4.69, 9.17) is 0 Å². The highest BCUT2D eigenvalue weighted by molar-refractivity contribution is 7.97. The summed E-state index contributed by atoms with van der Waals surface area (Å²) >= 11 is 1.74. The minimum Gasteiger partial charge on any atom is -0.354 e. The molecule has 1 aromatic carbocycles. The van der Waals surface area contributed by atoms with E-state index in [0.29, 0.717) is 17.5 Å². The van der Waals surface area contributed by atoms with Crippen LogP contribution in [0, 0.1) is 18.7 Å². The number of benzene rings is 1. The zero-order chi connectivity index (χ0) is 19.0. The Morgan fingerprint density at radius 3 is 3.04 bits per heavy atom. The second-order valence-electron chi connectivity index (χ2n) is 7.62. The molecular weight excluding hydrogens is 359 g/mol. The van der Waals surface area contributed by atoms with E-state index in [1.54, 1.807) is 24.9 Å². The Labute approximate surface area is 164 Å². The van der Waals surface area contributed by atoms with Gasteiger partial charge in [0.25, 0.3) is 0 Å². The normalized spacial score (nSPS) is 22.3. The van der Waals surface area contributed by atoms with E-state index in [2.05, 4.69) is 39.7 Å². The van der Waals surface area contributed by atoms with Gasteiger partial charge in [-0.15, -0.1) is 0 Å². The smallest absolute Gasteiger partial charge is 0.126 e. The highest BCUT2D eigenvalue weighted by Crippen LogP contribution is 2.35. The van der Waals surface area contributed by atoms with Gasteiger partial charge in [0.15, 0.2) is 0 Å². The number of aryl methyl sites for hydroxylation is 2. The van der Waals surface area contributed by atoms with E-state index < -0.39 is 0 Å². The number of fused-ring (bicyclic) bond motifs is 2. The van der Waals surface area contributed by atoms with Crippen LogP contribution in [0.15, 0.2) is 35.9 Å². The molecule has 2 atom stereocenters. The lowest BCUT2D eigenvalue weighted by atomic mass is 9.87. The van der Waals surface area contributed by atoms with Crippen molar-refractivity contribution in [3.05, 3.63) is 53.6 Å². The second-order valence-corrected chi connectivity index (χ2v) is 8.50. The minimum atomic E-state index is -0.186. The number of nitrogens with one attached hydrogen (secondary N) is 3. The van der Waals surface area contributed by atoms with Gasteiger partial charge >= 0.3 is 0 Å². The number of aromatic nitrogens is 1. The van der Waals surface area contributed by atoms with E-state index in [0.717, 1.165) is 36.6 Å². The highest BCUT2D eigenvalue weighted by atomic mass is 32.2. The Morgan fingerprint density at radius 1 is 1.37 bits per heavy atom. The fraction of sp³-hybridized carbons (Fsp3) is 0.429. The summed E-state index contributed by atoms with van der Waals surface area (Å²) in [6, 6.07) is 5.61. The van der Waals surface area contributed by atoms with Crippen LogP contribution in [0.4, 0.5) is 10.1 Å². The summed E-state index contributed by atoms with van der Waals surface area (Å²) in [6.45, 7) is 8.22. The molecule has 2 aliphatic heterocycles. The Bertz CT molecular complexity index is 860. The molecule has 2 unspecified atom stereocenters. The lowest BCUT2D eigenvalue weighted by molar-refractivity contribution is 0.292. The van der Waals surface area contributed by atoms with Crippen molar-refractivity contribution in [2.24, 2.45) is 13.0 Å². The van der Waals surface area contributed by atoms with Gasteiger partial charge in [-0.3, -0.25) is 4.72 Å². The molecule has 144 valence electrons. The van der Waals surface area contributed by atoms with Crippen molar-refractivity contribution in [2.75, 3.05) is 18.4 Å². The molecule has 1 fully saturated rings. The topological polar surface area (TPSA) is 41.0 Å². The molecule has 3 heterocycles. The van der Waals surface area contributed by atoms with Crippen LogP contribution in [0.1, 0.15) is 29.7 Å². The van der Waals surface area contributed by atoms with Crippen molar-refractivity contribution in [1.82, 2.24) is 14.6 Å². The van der Waals surface area contributed by atoms with Gasteiger partial charge in [0, 0.05) is 36.4 Å². The Kier molecular flexibility index (Phi) is 5.30. The van der Waals surface area contributed by atoms with Crippen molar-refractivity contribution < 1.29 is 4.39 Å². The van der Waals surface area contributed by atoms with E-state index in [9.17, 15) is 4.39 Å². The summed E-state index contributed by atoms with van der Waals surface area (Å²) < 4.78 is 19.4. The molecule has 0 saturated carbocycles. The number of hydrogen-bond donors (Lipinski definition) is 3. The molecular formula is C21H27FN4S. The quantitative estimate of drug-likeness (QED) is 0.696. The average molecular weight is 387 g/mol. The summed E-state index contributed by atoms with van der Waals surface area (Å²) in [6.07, 6.45) is 5.66. The van der Waals surface area contributed by atoms with Crippen molar-refractivity contribution >= 4 is 23.3 Å². The van der Waals surface area contributed by atoms with Crippen LogP contribution >= 0.6 is 11.9 Å². The zero-order valence-corrected chi connectivity index (χ0v) is 16.8. The molecule has 0 radical (unpaired) electrons. The molecule has 2 aliphatic rings. The van der Waals surface area contributed by atoms with E-state index in [1.165, 1.54) is 29.4 Å². The predicted octanol–water partition coefficient (Wildman–Crippen LogP) is 4.08. The number of hydrogen-bond acceptors (Lipinski definition) is 4. The number of nitrogens with zero attached hydrogens (tertiary/aromatic N) is 1. The maximum atomic E-state index is 13.5. The second kappa shape index (κ2) is 7.70. The monoisotopic (exact) mass is 386 g/mol. The van der Waals surface area contributed by atoms with Crippen LogP contribution in [-0.2, 0) is 13.5 Å². The molecule has 1 saturated heterocycles. The average Bonchev–Trinajstić information content (AvgIpc) is 2.95. The first-order chi connectivity index (χ1) is 13.0. The van der Waals surface area contributed by atoms with Gasteiger partial charge in [-0.1, -0.05) is 6.58 Å². The van der Waals surface area contributed by atoms with E-state index in [1.807, 2.05) is 6.07 Å². The van der Waals surface area contributed by atoms with Crippen molar-refractivity contribution in [2.45, 2.75) is 37.1 Å². The van der Waals surface area contributed by atoms with Crippen LogP contribution < -0.4 is 15.4 Å².